The first-order chi connectivity index (χ1) is 15.6. The van der Waals surface area contributed by atoms with Crippen LogP contribution in [0.5, 0.6) is 0 Å². The van der Waals surface area contributed by atoms with Gasteiger partial charge in [-0.3, -0.25) is 4.79 Å². The maximum Gasteiger partial charge on any atom is 0.259 e. The van der Waals surface area contributed by atoms with Gasteiger partial charge in [-0.05, 0) is 49.2 Å². The molecule has 3 aromatic carbocycles. The highest BCUT2D eigenvalue weighted by Gasteiger charge is 2.27. The minimum absolute atomic E-state index is 0.0430. The number of aryl methyl sites for hydroxylation is 1. The Morgan fingerprint density at radius 2 is 1.81 bits per heavy atom. The SMILES string of the molecule is CCCN1C(=O)c2ccccc2Sc2cc(-c3noc(Cc4ccc(C)cc4)n3)ccc21. The molecule has 0 spiro atoms. The zero-order valence-electron chi connectivity index (χ0n) is 18.0. The second kappa shape index (κ2) is 8.63. The fourth-order valence-electron chi connectivity index (χ4n) is 3.83. The van der Waals surface area contributed by atoms with E-state index >= 15 is 0 Å². The highest BCUT2D eigenvalue weighted by Crippen LogP contribution is 2.42. The van der Waals surface area contributed by atoms with Crippen molar-refractivity contribution in [1.82, 2.24) is 10.1 Å². The molecule has 0 bridgehead atoms. The standard InChI is InChI=1S/C26H23N3O2S/c1-3-14-29-21-13-12-19(16-23(21)32-22-7-5-4-6-20(22)26(29)30)25-27-24(31-28-25)15-18-10-8-17(2)9-11-18/h4-13,16H,3,14-15H2,1-2H3. The summed E-state index contributed by atoms with van der Waals surface area (Å²) >= 11 is 1.61. The number of carbonyl (C=O) groups is 1. The first kappa shape index (κ1) is 20.5. The maximum atomic E-state index is 13.2. The van der Waals surface area contributed by atoms with Gasteiger partial charge in [0.25, 0.3) is 5.91 Å². The van der Waals surface area contributed by atoms with E-state index in [4.69, 9.17) is 4.52 Å². The largest absolute Gasteiger partial charge is 0.339 e. The molecular weight excluding hydrogens is 418 g/mol. The number of rotatable bonds is 5. The Bertz CT molecular complexity index is 1280. The lowest BCUT2D eigenvalue weighted by Gasteiger charge is -2.22. The summed E-state index contributed by atoms with van der Waals surface area (Å²) in [5.41, 5.74) is 4.89. The minimum atomic E-state index is 0.0430. The zero-order valence-corrected chi connectivity index (χ0v) is 18.9. The lowest BCUT2D eigenvalue weighted by molar-refractivity contribution is 0.0984. The monoisotopic (exact) mass is 441 g/mol. The second-order valence-electron chi connectivity index (χ2n) is 7.91. The van der Waals surface area contributed by atoms with Gasteiger partial charge in [-0.2, -0.15) is 4.98 Å². The number of fused-ring (bicyclic) bond motifs is 2. The van der Waals surface area contributed by atoms with Crippen LogP contribution in [0.15, 0.2) is 81.0 Å². The summed E-state index contributed by atoms with van der Waals surface area (Å²) in [6, 6.07) is 22.1. The molecule has 1 aliphatic heterocycles. The predicted molar refractivity (Wildman–Crippen MR) is 126 cm³/mol. The van der Waals surface area contributed by atoms with Crippen molar-refractivity contribution in [3.8, 4) is 11.4 Å². The molecule has 1 aliphatic rings. The van der Waals surface area contributed by atoms with E-state index in [1.54, 1.807) is 11.8 Å². The van der Waals surface area contributed by atoms with Crippen LogP contribution in [-0.2, 0) is 6.42 Å². The van der Waals surface area contributed by atoms with Crippen molar-refractivity contribution in [2.45, 2.75) is 36.5 Å². The van der Waals surface area contributed by atoms with E-state index in [1.165, 1.54) is 5.56 Å². The van der Waals surface area contributed by atoms with Crippen LogP contribution in [-0.4, -0.2) is 22.6 Å². The first-order valence-electron chi connectivity index (χ1n) is 10.7. The molecule has 0 fully saturated rings. The Kier molecular flexibility index (Phi) is 5.53. The predicted octanol–water partition coefficient (Wildman–Crippen LogP) is 6.16. The third-order valence-corrected chi connectivity index (χ3v) is 6.61. The van der Waals surface area contributed by atoms with Gasteiger partial charge in [0.2, 0.25) is 11.7 Å². The minimum Gasteiger partial charge on any atom is -0.339 e. The summed E-state index contributed by atoms with van der Waals surface area (Å²) in [7, 11) is 0. The molecule has 2 heterocycles. The molecule has 4 aromatic rings. The van der Waals surface area contributed by atoms with Crippen LogP contribution < -0.4 is 4.90 Å². The molecular formula is C26H23N3O2S. The average molecular weight is 442 g/mol. The van der Waals surface area contributed by atoms with Gasteiger partial charge in [0, 0.05) is 21.9 Å². The highest BCUT2D eigenvalue weighted by molar-refractivity contribution is 7.99. The fraction of sp³-hybridized carbons (Fsp3) is 0.192. The summed E-state index contributed by atoms with van der Waals surface area (Å²) in [6.45, 7) is 4.82. The number of nitrogens with zero attached hydrogens (tertiary/aromatic N) is 3. The lowest BCUT2D eigenvalue weighted by Crippen LogP contribution is -2.31. The molecule has 1 aromatic heterocycles. The summed E-state index contributed by atoms with van der Waals surface area (Å²) in [5.74, 6) is 1.18. The third kappa shape index (κ3) is 3.94. The Labute approximate surface area is 191 Å². The summed E-state index contributed by atoms with van der Waals surface area (Å²) in [4.78, 5) is 21.7. The Morgan fingerprint density at radius 1 is 1.00 bits per heavy atom. The van der Waals surface area contributed by atoms with E-state index in [-0.39, 0.29) is 5.91 Å². The summed E-state index contributed by atoms with van der Waals surface area (Å²) < 4.78 is 5.52. The van der Waals surface area contributed by atoms with E-state index in [0.717, 1.165) is 38.6 Å². The molecule has 5 nitrogen and oxygen atoms in total. The van der Waals surface area contributed by atoms with Gasteiger partial charge in [-0.15, -0.1) is 0 Å². The molecule has 1 amide bonds. The van der Waals surface area contributed by atoms with Crippen molar-refractivity contribution in [2.75, 3.05) is 11.4 Å². The van der Waals surface area contributed by atoms with E-state index in [2.05, 4.69) is 54.3 Å². The molecule has 0 saturated heterocycles. The van der Waals surface area contributed by atoms with Gasteiger partial charge in [-0.25, -0.2) is 0 Å². The number of hydrogen-bond acceptors (Lipinski definition) is 5. The average Bonchev–Trinajstić information content (AvgIpc) is 3.23. The summed E-state index contributed by atoms with van der Waals surface area (Å²) in [6.07, 6.45) is 1.48. The summed E-state index contributed by atoms with van der Waals surface area (Å²) in [5, 5.41) is 4.21. The normalized spacial score (nSPS) is 12.9. The van der Waals surface area contributed by atoms with Crippen LogP contribution in [0, 0.1) is 6.92 Å². The van der Waals surface area contributed by atoms with Gasteiger partial charge in [0.15, 0.2) is 0 Å². The van der Waals surface area contributed by atoms with Crippen LogP contribution in [0.3, 0.4) is 0 Å². The van der Waals surface area contributed by atoms with E-state index in [1.807, 2.05) is 41.3 Å². The van der Waals surface area contributed by atoms with Crippen LogP contribution in [0.2, 0.25) is 0 Å². The molecule has 6 heteroatoms. The lowest BCUT2D eigenvalue weighted by atomic mass is 10.1. The highest BCUT2D eigenvalue weighted by atomic mass is 32.2. The molecule has 0 atom stereocenters. The van der Waals surface area contributed by atoms with Gasteiger partial charge in [-0.1, -0.05) is 65.8 Å². The molecule has 5 rings (SSSR count). The molecule has 0 N–H and O–H groups in total. The van der Waals surface area contributed by atoms with Crippen LogP contribution in [0.4, 0.5) is 5.69 Å². The smallest absolute Gasteiger partial charge is 0.259 e. The molecule has 0 radical (unpaired) electrons. The Hall–Kier alpha value is -3.38. The third-order valence-electron chi connectivity index (χ3n) is 5.48. The Balaban J connectivity index is 1.48. The first-order valence-corrected chi connectivity index (χ1v) is 11.6. The van der Waals surface area contributed by atoms with Crippen molar-refractivity contribution in [2.24, 2.45) is 0 Å². The maximum absolute atomic E-state index is 13.2. The number of anilines is 1. The van der Waals surface area contributed by atoms with E-state index in [0.29, 0.717) is 24.7 Å². The number of benzene rings is 3. The Morgan fingerprint density at radius 3 is 2.62 bits per heavy atom. The topological polar surface area (TPSA) is 59.2 Å². The van der Waals surface area contributed by atoms with Gasteiger partial charge >= 0.3 is 0 Å². The zero-order chi connectivity index (χ0) is 22.1. The van der Waals surface area contributed by atoms with Crippen LogP contribution in [0.25, 0.3) is 11.4 Å². The van der Waals surface area contributed by atoms with E-state index in [9.17, 15) is 4.79 Å². The van der Waals surface area contributed by atoms with Crippen LogP contribution >= 0.6 is 11.8 Å². The van der Waals surface area contributed by atoms with Gasteiger partial charge in [0.1, 0.15) is 0 Å². The second-order valence-corrected chi connectivity index (χ2v) is 9.00. The fourth-order valence-corrected chi connectivity index (χ4v) is 4.95. The number of aromatic nitrogens is 2. The molecule has 32 heavy (non-hydrogen) atoms. The van der Waals surface area contributed by atoms with Crippen molar-refractivity contribution >= 4 is 23.4 Å². The van der Waals surface area contributed by atoms with Crippen LogP contribution in [0.1, 0.15) is 40.7 Å². The van der Waals surface area contributed by atoms with Crippen molar-refractivity contribution < 1.29 is 9.32 Å². The number of carbonyl (C=O) groups excluding carboxylic acids is 1. The molecule has 0 unspecified atom stereocenters. The van der Waals surface area contributed by atoms with Crippen molar-refractivity contribution in [1.29, 1.82) is 0 Å². The van der Waals surface area contributed by atoms with Crippen molar-refractivity contribution in [3.63, 3.8) is 0 Å². The number of hydrogen-bond donors (Lipinski definition) is 0. The molecule has 0 aliphatic carbocycles. The van der Waals surface area contributed by atoms with Gasteiger partial charge < -0.3 is 9.42 Å². The van der Waals surface area contributed by atoms with Crippen molar-refractivity contribution in [3.05, 3.63) is 89.3 Å². The number of amides is 1. The van der Waals surface area contributed by atoms with E-state index < -0.39 is 0 Å². The molecule has 0 saturated carbocycles. The quantitative estimate of drug-likeness (QED) is 0.371. The molecule has 160 valence electrons. The van der Waals surface area contributed by atoms with Gasteiger partial charge in [0.05, 0.1) is 17.7 Å².